The highest BCUT2D eigenvalue weighted by atomic mass is 35.5. The zero-order valence-corrected chi connectivity index (χ0v) is 11.5. The van der Waals surface area contributed by atoms with E-state index in [0.29, 0.717) is 23.1 Å². The van der Waals surface area contributed by atoms with E-state index >= 15 is 0 Å². The molecule has 1 aliphatic rings. The summed E-state index contributed by atoms with van der Waals surface area (Å²) in [5.41, 5.74) is 6.24. The summed E-state index contributed by atoms with van der Waals surface area (Å²) in [6.45, 7) is 4.44. The Kier molecular flexibility index (Phi) is 4.43. The molecule has 2 atom stereocenters. The Labute approximate surface area is 112 Å². The van der Waals surface area contributed by atoms with Crippen molar-refractivity contribution in [2.24, 2.45) is 5.73 Å². The molecule has 0 bridgehead atoms. The molecule has 1 saturated heterocycles. The third kappa shape index (κ3) is 3.34. The largest absolute Gasteiger partial charge is 0.474 e. The SMILES string of the molecule is CC1CC(Oc2ccc(Cl)c(CN)n2)CC(C)O1. The molecule has 0 aromatic carbocycles. The molecule has 1 fully saturated rings. The molecule has 0 aliphatic carbocycles. The van der Waals surface area contributed by atoms with Crippen LogP contribution in [0.15, 0.2) is 12.1 Å². The van der Waals surface area contributed by atoms with Gasteiger partial charge in [-0.15, -0.1) is 0 Å². The molecule has 2 unspecified atom stereocenters. The van der Waals surface area contributed by atoms with Gasteiger partial charge in [0.15, 0.2) is 0 Å². The van der Waals surface area contributed by atoms with Crippen molar-refractivity contribution in [3.63, 3.8) is 0 Å². The van der Waals surface area contributed by atoms with Gasteiger partial charge in [-0.05, 0) is 19.9 Å². The first kappa shape index (κ1) is 13.6. The lowest BCUT2D eigenvalue weighted by Crippen LogP contribution is -2.35. The quantitative estimate of drug-likeness (QED) is 0.917. The van der Waals surface area contributed by atoms with Gasteiger partial charge in [0.2, 0.25) is 5.88 Å². The third-order valence-corrected chi connectivity index (χ3v) is 3.37. The van der Waals surface area contributed by atoms with E-state index in [1.54, 1.807) is 12.1 Å². The van der Waals surface area contributed by atoms with Gasteiger partial charge >= 0.3 is 0 Å². The Hall–Kier alpha value is -0.840. The molecule has 1 aromatic rings. The molecular formula is C13H19ClN2O2. The number of hydrogen-bond donors (Lipinski definition) is 1. The minimum absolute atomic E-state index is 0.142. The Balaban J connectivity index is 2.04. The van der Waals surface area contributed by atoms with Gasteiger partial charge in [0.1, 0.15) is 6.10 Å². The van der Waals surface area contributed by atoms with E-state index in [4.69, 9.17) is 26.8 Å². The van der Waals surface area contributed by atoms with Crippen LogP contribution in [-0.4, -0.2) is 23.3 Å². The van der Waals surface area contributed by atoms with Gasteiger partial charge in [-0.3, -0.25) is 0 Å². The summed E-state index contributed by atoms with van der Waals surface area (Å²) < 4.78 is 11.6. The van der Waals surface area contributed by atoms with Crippen LogP contribution >= 0.6 is 11.6 Å². The van der Waals surface area contributed by atoms with Crippen LogP contribution < -0.4 is 10.5 Å². The highest BCUT2D eigenvalue weighted by Crippen LogP contribution is 2.24. The zero-order chi connectivity index (χ0) is 13.1. The number of ether oxygens (including phenoxy) is 2. The Bertz CT molecular complexity index is 404. The molecule has 0 saturated carbocycles. The first-order chi connectivity index (χ1) is 8.58. The van der Waals surface area contributed by atoms with Crippen molar-refractivity contribution in [3.05, 3.63) is 22.8 Å². The molecule has 2 heterocycles. The van der Waals surface area contributed by atoms with Crippen molar-refractivity contribution >= 4 is 11.6 Å². The van der Waals surface area contributed by atoms with Gasteiger partial charge in [0.05, 0.1) is 22.9 Å². The normalized spacial score (nSPS) is 28.1. The van der Waals surface area contributed by atoms with Crippen LogP contribution in [0, 0.1) is 0 Å². The van der Waals surface area contributed by atoms with Crippen LogP contribution in [0.25, 0.3) is 0 Å². The summed E-state index contributed by atoms with van der Waals surface area (Å²) in [6, 6.07) is 3.56. The smallest absolute Gasteiger partial charge is 0.213 e. The van der Waals surface area contributed by atoms with Crippen molar-refractivity contribution in [1.29, 1.82) is 0 Å². The Morgan fingerprint density at radius 2 is 2.06 bits per heavy atom. The molecule has 2 N–H and O–H groups in total. The second-order valence-electron chi connectivity index (χ2n) is 4.75. The standard InChI is InChI=1S/C13H19ClN2O2/c1-8-5-10(6-9(2)17-8)18-13-4-3-11(14)12(7-15)16-13/h3-4,8-10H,5-7,15H2,1-2H3. The zero-order valence-electron chi connectivity index (χ0n) is 10.7. The lowest BCUT2D eigenvalue weighted by molar-refractivity contribution is -0.0729. The van der Waals surface area contributed by atoms with Gasteiger partial charge in [-0.25, -0.2) is 4.98 Å². The molecule has 0 spiro atoms. The van der Waals surface area contributed by atoms with E-state index in [-0.39, 0.29) is 18.3 Å². The Morgan fingerprint density at radius 3 is 2.67 bits per heavy atom. The number of nitrogens with two attached hydrogens (primary N) is 1. The second-order valence-corrected chi connectivity index (χ2v) is 5.16. The van der Waals surface area contributed by atoms with Gasteiger partial charge in [-0.2, -0.15) is 0 Å². The number of rotatable bonds is 3. The fraction of sp³-hybridized carbons (Fsp3) is 0.615. The second kappa shape index (κ2) is 5.87. The average molecular weight is 271 g/mol. The lowest BCUT2D eigenvalue weighted by Gasteiger charge is -2.32. The van der Waals surface area contributed by atoms with Crippen LogP contribution in [0.1, 0.15) is 32.4 Å². The highest BCUT2D eigenvalue weighted by Gasteiger charge is 2.26. The predicted molar refractivity (Wildman–Crippen MR) is 70.8 cm³/mol. The molecule has 18 heavy (non-hydrogen) atoms. The number of nitrogens with zero attached hydrogens (tertiary/aromatic N) is 1. The molecule has 1 aliphatic heterocycles. The number of pyridine rings is 1. The summed E-state index contributed by atoms with van der Waals surface area (Å²) in [5.74, 6) is 0.589. The number of aromatic nitrogens is 1. The molecule has 4 nitrogen and oxygen atoms in total. The number of halogens is 1. The number of hydrogen-bond acceptors (Lipinski definition) is 4. The Morgan fingerprint density at radius 1 is 1.39 bits per heavy atom. The predicted octanol–water partition coefficient (Wildman–Crippen LogP) is 2.53. The minimum atomic E-state index is 0.142. The van der Waals surface area contributed by atoms with Gasteiger partial charge in [0.25, 0.3) is 0 Å². The van der Waals surface area contributed by atoms with Crippen LogP contribution in [0.5, 0.6) is 5.88 Å². The van der Waals surface area contributed by atoms with Crippen molar-refractivity contribution in [2.45, 2.75) is 51.5 Å². The van der Waals surface area contributed by atoms with Crippen LogP contribution in [0.4, 0.5) is 0 Å². The summed E-state index contributed by atoms with van der Waals surface area (Å²) >= 11 is 5.97. The van der Waals surface area contributed by atoms with E-state index in [2.05, 4.69) is 18.8 Å². The topological polar surface area (TPSA) is 57.4 Å². The lowest BCUT2D eigenvalue weighted by atomic mass is 10.0. The van der Waals surface area contributed by atoms with Gasteiger partial charge in [-0.1, -0.05) is 11.6 Å². The van der Waals surface area contributed by atoms with Gasteiger partial charge in [0, 0.05) is 25.5 Å². The van der Waals surface area contributed by atoms with Crippen molar-refractivity contribution in [3.8, 4) is 5.88 Å². The maximum atomic E-state index is 5.97. The molecule has 5 heteroatoms. The van der Waals surface area contributed by atoms with Crippen molar-refractivity contribution in [1.82, 2.24) is 4.98 Å². The summed E-state index contributed by atoms with van der Waals surface area (Å²) in [4.78, 5) is 4.31. The fourth-order valence-electron chi connectivity index (χ4n) is 2.28. The van der Waals surface area contributed by atoms with E-state index < -0.39 is 0 Å². The monoisotopic (exact) mass is 270 g/mol. The fourth-order valence-corrected chi connectivity index (χ4v) is 2.47. The van der Waals surface area contributed by atoms with E-state index in [1.165, 1.54) is 0 Å². The summed E-state index contributed by atoms with van der Waals surface area (Å²) in [5, 5.41) is 0.582. The molecule has 2 rings (SSSR count). The molecule has 0 amide bonds. The van der Waals surface area contributed by atoms with E-state index in [9.17, 15) is 0 Å². The maximum Gasteiger partial charge on any atom is 0.213 e. The highest BCUT2D eigenvalue weighted by molar-refractivity contribution is 6.31. The molecule has 100 valence electrons. The summed E-state index contributed by atoms with van der Waals surface area (Å²) in [6.07, 6.45) is 2.35. The van der Waals surface area contributed by atoms with Crippen molar-refractivity contribution in [2.75, 3.05) is 0 Å². The van der Waals surface area contributed by atoms with E-state index in [1.807, 2.05) is 0 Å². The summed E-state index contributed by atoms with van der Waals surface area (Å²) in [7, 11) is 0. The molecule has 1 aromatic heterocycles. The first-order valence-electron chi connectivity index (χ1n) is 6.26. The van der Waals surface area contributed by atoms with Crippen LogP contribution in [0.2, 0.25) is 5.02 Å². The first-order valence-corrected chi connectivity index (χ1v) is 6.64. The van der Waals surface area contributed by atoms with E-state index in [0.717, 1.165) is 12.8 Å². The van der Waals surface area contributed by atoms with Crippen molar-refractivity contribution < 1.29 is 9.47 Å². The van der Waals surface area contributed by atoms with Crippen LogP contribution in [-0.2, 0) is 11.3 Å². The van der Waals surface area contributed by atoms with Crippen LogP contribution in [0.3, 0.4) is 0 Å². The molecular weight excluding hydrogens is 252 g/mol. The minimum Gasteiger partial charge on any atom is -0.474 e. The average Bonchev–Trinajstić information content (AvgIpc) is 2.30. The van der Waals surface area contributed by atoms with Gasteiger partial charge < -0.3 is 15.2 Å². The molecule has 0 radical (unpaired) electrons. The maximum absolute atomic E-state index is 5.97. The third-order valence-electron chi connectivity index (χ3n) is 3.03.